The molecule has 1 heterocycles. The van der Waals surface area contributed by atoms with E-state index in [0.717, 1.165) is 25.8 Å². The fourth-order valence-corrected chi connectivity index (χ4v) is 1.35. The van der Waals surface area contributed by atoms with E-state index in [1.54, 1.807) is 5.06 Å². The van der Waals surface area contributed by atoms with Crippen molar-refractivity contribution in [2.45, 2.75) is 51.9 Å². The molecule has 0 spiro atoms. The molecule has 1 aliphatic heterocycles. The summed E-state index contributed by atoms with van der Waals surface area (Å²) in [7, 11) is 0. The summed E-state index contributed by atoms with van der Waals surface area (Å²) in [6.07, 6.45) is 2.65. The third-order valence-corrected chi connectivity index (χ3v) is 1.81. The van der Waals surface area contributed by atoms with E-state index >= 15 is 0 Å². The molecule has 0 amide bonds. The van der Waals surface area contributed by atoms with Gasteiger partial charge < -0.3 is 5.11 Å². The monoisotopic (exact) mass is 173 g/mol. The number of nitrogens with zero attached hydrogens (tertiary/aromatic N) is 1. The molecule has 0 aromatic rings. The molecule has 1 saturated heterocycles. The van der Waals surface area contributed by atoms with Crippen LogP contribution in [0.15, 0.2) is 0 Å². The molecule has 0 saturated carbocycles. The summed E-state index contributed by atoms with van der Waals surface area (Å²) in [5, 5.41) is 11.2. The number of aliphatic hydroxyl groups excluding tert-OH is 1. The maximum absolute atomic E-state index is 9.53. The van der Waals surface area contributed by atoms with Crippen molar-refractivity contribution >= 4 is 0 Å². The number of hydrogen-bond donors (Lipinski definition) is 1. The first-order valence-electron chi connectivity index (χ1n) is 4.63. The van der Waals surface area contributed by atoms with E-state index in [2.05, 4.69) is 0 Å². The summed E-state index contributed by atoms with van der Waals surface area (Å²) in [6.45, 7) is 6.83. The molecular weight excluding hydrogens is 154 g/mol. The van der Waals surface area contributed by atoms with E-state index in [0.29, 0.717) is 0 Å². The van der Waals surface area contributed by atoms with E-state index in [1.165, 1.54) is 0 Å². The van der Waals surface area contributed by atoms with Gasteiger partial charge in [-0.1, -0.05) is 0 Å². The quantitative estimate of drug-likeness (QED) is 0.652. The molecule has 1 aliphatic rings. The normalized spacial score (nSPS) is 27.5. The minimum absolute atomic E-state index is 0.196. The molecule has 0 radical (unpaired) electrons. The zero-order valence-corrected chi connectivity index (χ0v) is 8.21. The van der Waals surface area contributed by atoms with Gasteiger partial charge in [0.05, 0.1) is 5.60 Å². The Morgan fingerprint density at radius 2 is 2.00 bits per heavy atom. The van der Waals surface area contributed by atoms with Gasteiger partial charge in [0, 0.05) is 6.54 Å². The molecule has 0 aromatic carbocycles. The SMILES string of the molecule is CC(C)(C)ON1CCCCC1O. The van der Waals surface area contributed by atoms with Gasteiger partial charge in [-0.3, -0.25) is 4.84 Å². The van der Waals surface area contributed by atoms with Gasteiger partial charge in [-0.05, 0) is 40.0 Å². The molecule has 1 unspecified atom stereocenters. The predicted molar refractivity (Wildman–Crippen MR) is 47.4 cm³/mol. The highest BCUT2D eigenvalue weighted by molar-refractivity contribution is 4.65. The van der Waals surface area contributed by atoms with Crippen LogP contribution in [0.2, 0.25) is 0 Å². The van der Waals surface area contributed by atoms with Gasteiger partial charge in [-0.15, -0.1) is 0 Å². The maximum atomic E-state index is 9.53. The molecule has 0 bridgehead atoms. The summed E-state index contributed by atoms with van der Waals surface area (Å²) in [5.74, 6) is 0. The van der Waals surface area contributed by atoms with Gasteiger partial charge in [0.25, 0.3) is 0 Å². The lowest BCUT2D eigenvalue weighted by atomic mass is 10.1. The Morgan fingerprint density at radius 1 is 1.33 bits per heavy atom. The highest BCUT2D eigenvalue weighted by Gasteiger charge is 2.25. The fourth-order valence-electron chi connectivity index (χ4n) is 1.35. The minimum atomic E-state index is -0.405. The van der Waals surface area contributed by atoms with Crippen molar-refractivity contribution in [3.8, 4) is 0 Å². The van der Waals surface area contributed by atoms with Gasteiger partial charge >= 0.3 is 0 Å². The summed E-state index contributed by atoms with van der Waals surface area (Å²) in [4.78, 5) is 5.57. The Bertz CT molecular complexity index is 142. The average Bonchev–Trinajstić information content (AvgIpc) is 1.91. The third-order valence-electron chi connectivity index (χ3n) is 1.81. The van der Waals surface area contributed by atoms with Gasteiger partial charge in [-0.25, -0.2) is 0 Å². The van der Waals surface area contributed by atoms with Crippen molar-refractivity contribution in [2.24, 2.45) is 0 Å². The van der Waals surface area contributed by atoms with Crippen LogP contribution in [-0.2, 0) is 4.84 Å². The lowest BCUT2D eigenvalue weighted by molar-refractivity contribution is -0.297. The van der Waals surface area contributed by atoms with Crippen LogP contribution >= 0.6 is 0 Å². The molecule has 0 aliphatic carbocycles. The highest BCUT2D eigenvalue weighted by Crippen LogP contribution is 2.19. The van der Waals surface area contributed by atoms with Crippen LogP contribution in [-0.4, -0.2) is 28.5 Å². The van der Waals surface area contributed by atoms with E-state index in [1.807, 2.05) is 20.8 Å². The van der Waals surface area contributed by atoms with Gasteiger partial charge in [-0.2, -0.15) is 5.06 Å². The van der Waals surface area contributed by atoms with Crippen LogP contribution in [0.1, 0.15) is 40.0 Å². The van der Waals surface area contributed by atoms with E-state index in [4.69, 9.17) is 4.84 Å². The lowest BCUT2D eigenvalue weighted by Crippen LogP contribution is -2.43. The Labute approximate surface area is 74.3 Å². The second-order valence-electron chi connectivity index (χ2n) is 4.32. The summed E-state index contributed by atoms with van der Waals surface area (Å²) in [6, 6.07) is 0. The first kappa shape index (κ1) is 9.96. The number of piperidine rings is 1. The molecular formula is C9H19NO2. The van der Waals surface area contributed by atoms with Gasteiger partial charge in [0.2, 0.25) is 0 Å². The second kappa shape index (κ2) is 3.73. The van der Waals surface area contributed by atoms with Crippen LogP contribution in [0, 0.1) is 0 Å². The Hall–Kier alpha value is -0.120. The topological polar surface area (TPSA) is 32.7 Å². The third kappa shape index (κ3) is 3.09. The summed E-state index contributed by atoms with van der Waals surface area (Å²) < 4.78 is 0. The lowest BCUT2D eigenvalue weighted by Gasteiger charge is -2.35. The molecule has 1 atom stereocenters. The summed E-state index contributed by atoms with van der Waals surface area (Å²) >= 11 is 0. The highest BCUT2D eigenvalue weighted by atomic mass is 16.7. The van der Waals surface area contributed by atoms with Crippen molar-refractivity contribution < 1.29 is 9.94 Å². The molecule has 1 rings (SSSR count). The Morgan fingerprint density at radius 3 is 2.50 bits per heavy atom. The number of rotatable bonds is 1. The number of hydrogen-bond acceptors (Lipinski definition) is 3. The molecule has 72 valence electrons. The standard InChI is InChI=1S/C9H19NO2/c1-9(2,3)12-10-7-5-4-6-8(10)11/h8,11H,4-7H2,1-3H3. The number of aliphatic hydroxyl groups is 1. The first-order chi connectivity index (χ1) is 5.49. The maximum Gasteiger partial charge on any atom is 0.129 e. The van der Waals surface area contributed by atoms with Crippen LogP contribution in [0.5, 0.6) is 0 Å². The van der Waals surface area contributed by atoms with Gasteiger partial charge in [0.15, 0.2) is 0 Å². The van der Waals surface area contributed by atoms with Crippen LogP contribution in [0.25, 0.3) is 0 Å². The molecule has 3 heteroatoms. The average molecular weight is 173 g/mol. The molecule has 1 N–H and O–H groups in total. The Balaban J connectivity index is 2.39. The number of hydroxylamine groups is 2. The Kier molecular flexibility index (Phi) is 3.09. The van der Waals surface area contributed by atoms with Crippen molar-refractivity contribution in [3.05, 3.63) is 0 Å². The van der Waals surface area contributed by atoms with Crippen molar-refractivity contribution in [2.75, 3.05) is 6.54 Å². The largest absolute Gasteiger partial charge is 0.376 e. The fraction of sp³-hybridized carbons (Fsp3) is 1.00. The van der Waals surface area contributed by atoms with E-state index in [9.17, 15) is 5.11 Å². The van der Waals surface area contributed by atoms with Crippen molar-refractivity contribution in [1.29, 1.82) is 0 Å². The smallest absolute Gasteiger partial charge is 0.129 e. The zero-order valence-electron chi connectivity index (χ0n) is 8.21. The predicted octanol–water partition coefficient (Wildman–Crippen LogP) is 1.52. The van der Waals surface area contributed by atoms with Crippen LogP contribution in [0.3, 0.4) is 0 Å². The molecule has 0 aromatic heterocycles. The first-order valence-corrected chi connectivity index (χ1v) is 4.63. The van der Waals surface area contributed by atoms with Gasteiger partial charge in [0.1, 0.15) is 6.23 Å². The van der Waals surface area contributed by atoms with Crippen LogP contribution in [0.4, 0.5) is 0 Å². The van der Waals surface area contributed by atoms with Crippen molar-refractivity contribution in [3.63, 3.8) is 0 Å². The second-order valence-corrected chi connectivity index (χ2v) is 4.32. The molecule has 3 nitrogen and oxygen atoms in total. The zero-order chi connectivity index (χ0) is 9.19. The molecule has 1 fully saturated rings. The minimum Gasteiger partial charge on any atom is -0.376 e. The van der Waals surface area contributed by atoms with E-state index in [-0.39, 0.29) is 5.60 Å². The summed E-state index contributed by atoms with van der Waals surface area (Å²) in [5.41, 5.74) is -0.196. The van der Waals surface area contributed by atoms with Crippen LogP contribution < -0.4 is 0 Å². The van der Waals surface area contributed by atoms with Crippen molar-refractivity contribution in [1.82, 2.24) is 5.06 Å². The molecule has 12 heavy (non-hydrogen) atoms. The van der Waals surface area contributed by atoms with E-state index < -0.39 is 6.23 Å².